The Labute approximate surface area is 237 Å². The van der Waals surface area contributed by atoms with Gasteiger partial charge in [-0.05, 0) is 86.4 Å². The van der Waals surface area contributed by atoms with Crippen molar-refractivity contribution < 1.29 is 32.5 Å². The Kier molecular flexibility index (Phi) is 6.04. The lowest BCUT2D eigenvalue weighted by atomic mass is 9.48. The van der Waals surface area contributed by atoms with Crippen LogP contribution in [0.4, 0.5) is 13.2 Å². The van der Waals surface area contributed by atoms with E-state index in [0.717, 1.165) is 43.6 Å². The molecule has 1 N–H and O–H groups in total. The van der Waals surface area contributed by atoms with Crippen molar-refractivity contribution in [2.75, 3.05) is 27.2 Å². The number of rotatable bonds is 6. The van der Waals surface area contributed by atoms with E-state index in [4.69, 9.17) is 9.47 Å². The fourth-order valence-corrected chi connectivity index (χ4v) is 8.27. The number of hydrogen-bond acceptors (Lipinski definition) is 5. The molecule has 2 bridgehead atoms. The van der Waals surface area contributed by atoms with Gasteiger partial charge in [-0.2, -0.15) is 13.2 Å². The summed E-state index contributed by atoms with van der Waals surface area (Å²) in [5.74, 6) is 1.69. The van der Waals surface area contributed by atoms with E-state index < -0.39 is 28.9 Å². The zero-order valence-corrected chi connectivity index (χ0v) is 23.3. The zero-order chi connectivity index (χ0) is 28.7. The Balaban J connectivity index is 1.22. The average molecular weight is 569 g/mol. The van der Waals surface area contributed by atoms with Crippen LogP contribution in [0.3, 0.4) is 0 Å². The van der Waals surface area contributed by atoms with Gasteiger partial charge in [0.25, 0.3) is 0 Å². The number of halogens is 3. The molecule has 2 heterocycles. The first-order valence-corrected chi connectivity index (χ1v) is 14.5. The number of carbonyl (C=O) groups excluding carboxylic acids is 1. The van der Waals surface area contributed by atoms with E-state index >= 15 is 0 Å². The van der Waals surface area contributed by atoms with Crippen LogP contribution in [-0.2, 0) is 22.8 Å². The van der Waals surface area contributed by atoms with Gasteiger partial charge in [-0.3, -0.25) is 9.69 Å². The zero-order valence-electron chi connectivity index (χ0n) is 23.3. The molecule has 7 rings (SSSR count). The maximum atomic E-state index is 13.4. The summed E-state index contributed by atoms with van der Waals surface area (Å²) in [4.78, 5) is 17.6. The minimum Gasteiger partial charge on any atom is -0.493 e. The average Bonchev–Trinajstić information content (AvgIpc) is 3.70. The molecule has 2 unspecified atom stereocenters. The maximum Gasteiger partial charge on any atom is 0.416 e. The standard InChI is InChI=1S/C32H35F3N2O4/c1-36(26(38)11-8-19-4-3-5-22(16-19)32(33,34)35)23-12-13-31(39)25-17-21-9-10-24(40-2)28-27(21)30(31,29(23)41-28)14-15-37(25)18-20-6-7-20/h3-5,8-11,16,20,23,25,29,39H,6-7,12-15,17-18H2,1-2H3/b11-8+/t23?,25-,29?,30+,31-/m1/s1. The van der Waals surface area contributed by atoms with Crippen molar-refractivity contribution in [2.24, 2.45) is 5.92 Å². The molecule has 2 aromatic rings. The Hall–Kier alpha value is -3.04. The molecule has 41 heavy (non-hydrogen) atoms. The lowest BCUT2D eigenvalue weighted by Crippen LogP contribution is -2.78. The lowest BCUT2D eigenvalue weighted by molar-refractivity contribution is -0.200. The molecule has 3 fully saturated rings. The van der Waals surface area contributed by atoms with E-state index in [1.807, 2.05) is 6.07 Å². The molecule has 6 nitrogen and oxygen atoms in total. The van der Waals surface area contributed by atoms with E-state index in [-0.39, 0.29) is 18.0 Å². The highest BCUT2D eigenvalue weighted by Crippen LogP contribution is 2.66. The highest BCUT2D eigenvalue weighted by atomic mass is 19.4. The number of amides is 1. The van der Waals surface area contributed by atoms with Crippen LogP contribution in [0.2, 0.25) is 0 Å². The highest BCUT2D eigenvalue weighted by Gasteiger charge is 2.73. The van der Waals surface area contributed by atoms with Crippen molar-refractivity contribution in [3.8, 4) is 11.5 Å². The number of alkyl halides is 3. The second kappa shape index (κ2) is 9.23. The number of carbonyl (C=O) groups is 1. The smallest absolute Gasteiger partial charge is 0.416 e. The van der Waals surface area contributed by atoms with Crippen LogP contribution >= 0.6 is 0 Å². The monoisotopic (exact) mass is 568 g/mol. The van der Waals surface area contributed by atoms with Crippen LogP contribution in [0, 0.1) is 5.92 Å². The fourth-order valence-electron chi connectivity index (χ4n) is 8.27. The summed E-state index contributed by atoms with van der Waals surface area (Å²) >= 11 is 0. The van der Waals surface area contributed by atoms with E-state index in [1.54, 1.807) is 25.1 Å². The second-order valence-corrected chi connectivity index (χ2v) is 12.5. The SMILES string of the molecule is COc1ccc2c3c1OC1C(N(C)C(=O)/C=C/c4cccc(C(F)(F)F)c4)CC[C@@]4(O)[C@@H](C2)N(CC2CC2)CC[C@]314. The molecule has 218 valence electrons. The molecule has 1 spiro atoms. The van der Waals surface area contributed by atoms with Gasteiger partial charge in [0, 0.05) is 31.3 Å². The Bertz CT molecular complexity index is 1420. The van der Waals surface area contributed by atoms with Crippen molar-refractivity contribution in [2.45, 2.75) is 73.9 Å². The number of piperidine rings is 1. The highest BCUT2D eigenvalue weighted by molar-refractivity contribution is 5.92. The van der Waals surface area contributed by atoms with Gasteiger partial charge >= 0.3 is 6.18 Å². The Morgan fingerprint density at radius 2 is 2.02 bits per heavy atom. The third kappa shape index (κ3) is 3.95. The number of hydrogen-bond donors (Lipinski definition) is 1. The summed E-state index contributed by atoms with van der Waals surface area (Å²) in [5.41, 5.74) is 0.0959. The summed E-state index contributed by atoms with van der Waals surface area (Å²) in [6, 6.07) is 8.63. The van der Waals surface area contributed by atoms with Gasteiger partial charge in [0.2, 0.25) is 5.91 Å². The number of likely N-dealkylation sites (tertiary alicyclic amines) is 1. The molecule has 5 atom stereocenters. The number of methoxy groups -OCH3 is 1. The molecule has 2 saturated carbocycles. The first-order chi connectivity index (χ1) is 19.6. The fraction of sp³-hybridized carbons (Fsp3) is 0.531. The summed E-state index contributed by atoms with van der Waals surface area (Å²) < 4.78 is 52.0. The molecule has 1 amide bonds. The number of aliphatic hydroxyl groups is 1. The van der Waals surface area contributed by atoms with E-state index in [2.05, 4.69) is 11.0 Å². The summed E-state index contributed by atoms with van der Waals surface area (Å²) in [7, 11) is 3.33. The summed E-state index contributed by atoms with van der Waals surface area (Å²) in [5, 5.41) is 12.7. The van der Waals surface area contributed by atoms with Crippen molar-refractivity contribution in [3.63, 3.8) is 0 Å². The molecule has 9 heteroatoms. The molecule has 3 aliphatic carbocycles. The van der Waals surface area contributed by atoms with Gasteiger partial charge in [0.05, 0.1) is 29.7 Å². The van der Waals surface area contributed by atoms with Crippen LogP contribution in [0.5, 0.6) is 11.5 Å². The van der Waals surface area contributed by atoms with Gasteiger partial charge in [-0.15, -0.1) is 0 Å². The van der Waals surface area contributed by atoms with E-state index in [0.29, 0.717) is 35.8 Å². The summed E-state index contributed by atoms with van der Waals surface area (Å²) in [6.45, 7) is 1.87. The molecular weight excluding hydrogens is 533 g/mol. The van der Waals surface area contributed by atoms with Crippen molar-refractivity contribution >= 4 is 12.0 Å². The van der Waals surface area contributed by atoms with E-state index in [9.17, 15) is 23.1 Å². The third-order valence-corrected chi connectivity index (χ3v) is 10.4. The second-order valence-electron chi connectivity index (χ2n) is 12.5. The first-order valence-electron chi connectivity index (χ1n) is 14.5. The molecule has 0 radical (unpaired) electrons. The van der Waals surface area contributed by atoms with E-state index in [1.165, 1.54) is 36.6 Å². The van der Waals surface area contributed by atoms with Crippen LogP contribution in [-0.4, -0.2) is 71.8 Å². The van der Waals surface area contributed by atoms with Crippen molar-refractivity contribution in [3.05, 3.63) is 64.7 Å². The van der Waals surface area contributed by atoms with Gasteiger partial charge in [0.1, 0.15) is 6.10 Å². The lowest BCUT2D eigenvalue weighted by Gasteiger charge is -2.64. The van der Waals surface area contributed by atoms with Gasteiger partial charge in [0.15, 0.2) is 11.5 Å². The molecule has 2 aromatic carbocycles. The number of likely N-dealkylation sites (N-methyl/N-ethyl adjacent to an activating group) is 1. The Morgan fingerprint density at radius 1 is 1.22 bits per heavy atom. The molecular formula is C32H35F3N2O4. The summed E-state index contributed by atoms with van der Waals surface area (Å²) in [6.07, 6.45) is 2.90. The minimum absolute atomic E-state index is 0.0162. The largest absolute Gasteiger partial charge is 0.493 e. The topological polar surface area (TPSA) is 62.2 Å². The number of benzene rings is 2. The molecule has 0 aromatic heterocycles. The first kappa shape index (κ1) is 26.8. The predicted octanol–water partition coefficient (Wildman–Crippen LogP) is 4.82. The molecule has 2 aliphatic heterocycles. The van der Waals surface area contributed by atoms with Gasteiger partial charge in [-0.25, -0.2) is 0 Å². The normalized spacial score (nSPS) is 32.0. The number of ether oxygens (including phenoxy) is 2. The predicted molar refractivity (Wildman–Crippen MR) is 147 cm³/mol. The quantitative estimate of drug-likeness (QED) is 0.507. The van der Waals surface area contributed by atoms with Crippen LogP contribution in [0.25, 0.3) is 6.08 Å². The van der Waals surface area contributed by atoms with Crippen molar-refractivity contribution in [1.29, 1.82) is 0 Å². The third-order valence-electron chi connectivity index (χ3n) is 10.4. The molecule has 5 aliphatic rings. The molecule has 1 saturated heterocycles. The maximum absolute atomic E-state index is 13.4. The minimum atomic E-state index is -4.45. The van der Waals surface area contributed by atoms with Crippen LogP contribution in [0.1, 0.15) is 54.4 Å². The number of nitrogens with zero attached hydrogens (tertiary/aromatic N) is 2. The van der Waals surface area contributed by atoms with Crippen LogP contribution in [0.15, 0.2) is 42.5 Å². The van der Waals surface area contributed by atoms with Gasteiger partial charge < -0.3 is 19.5 Å². The Morgan fingerprint density at radius 3 is 2.76 bits per heavy atom. The van der Waals surface area contributed by atoms with Crippen molar-refractivity contribution in [1.82, 2.24) is 9.80 Å². The van der Waals surface area contributed by atoms with Gasteiger partial charge in [-0.1, -0.05) is 18.2 Å². The van der Waals surface area contributed by atoms with Crippen LogP contribution < -0.4 is 9.47 Å².